The molecule has 1 atom stereocenters. The van der Waals surface area contributed by atoms with E-state index in [0.717, 1.165) is 30.3 Å². The predicted molar refractivity (Wildman–Crippen MR) is 140 cm³/mol. The van der Waals surface area contributed by atoms with Crippen molar-refractivity contribution < 1.29 is 4.79 Å². The molecule has 6 nitrogen and oxygen atoms in total. The first-order valence-corrected chi connectivity index (χ1v) is 13.1. The largest absolute Gasteiger partial charge is 0.338 e. The Bertz CT molecular complexity index is 1460. The van der Waals surface area contributed by atoms with Gasteiger partial charge in [-0.25, -0.2) is 9.59 Å². The number of nitrogens with zero attached hydrogens (tertiary/aromatic N) is 2. The molecule has 6 heteroatoms. The number of piperidine rings is 1. The average molecular weight is 479 g/mol. The lowest BCUT2D eigenvalue weighted by atomic mass is 9.59. The highest BCUT2D eigenvalue weighted by molar-refractivity contribution is 5.75. The molecule has 2 bridgehead atoms. The summed E-state index contributed by atoms with van der Waals surface area (Å²) in [5.41, 5.74) is 7.52. The number of para-hydroxylation sites is 2. The Morgan fingerprint density at radius 2 is 1.47 bits per heavy atom. The van der Waals surface area contributed by atoms with Gasteiger partial charge in [0, 0.05) is 37.5 Å². The number of nitrogens with one attached hydrogen (secondary N) is 2. The van der Waals surface area contributed by atoms with Crippen LogP contribution in [0.1, 0.15) is 59.4 Å². The fourth-order valence-corrected chi connectivity index (χ4v) is 7.05. The van der Waals surface area contributed by atoms with Crippen LogP contribution in [-0.4, -0.2) is 40.1 Å². The summed E-state index contributed by atoms with van der Waals surface area (Å²) in [5.74, 6) is 1.14. The number of likely N-dealkylation sites (tertiary alicyclic amines) is 1. The van der Waals surface area contributed by atoms with Gasteiger partial charge in [0.05, 0.1) is 11.0 Å². The van der Waals surface area contributed by atoms with Crippen LogP contribution in [0.15, 0.2) is 77.6 Å². The minimum Gasteiger partial charge on any atom is -0.338 e. The van der Waals surface area contributed by atoms with E-state index in [-0.39, 0.29) is 17.8 Å². The number of carbonyl (C=O) groups excluding carboxylic acids is 1. The number of H-pyrrole nitrogens is 1. The highest BCUT2D eigenvalue weighted by atomic mass is 16.2. The van der Waals surface area contributed by atoms with Gasteiger partial charge < -0.3 is 15.2 Å². The van der Waals surface area contributed by atoms with Crippen molar-refractivity contribution >= 4 is 17.1 Å². The van der Waals surface area contributed by atoms with Crippen molar-refractivity contribution in [3.05, 3.63) is 106 Å². The van der Waals surface area contributed by atoms with E-state index >= 15 is 0 Å². The van der Waals surface area contributed by atoms with Gasteiger partial charge in [0.15, 0.2) is 0 Å². The van der Waals surface area contributed by atoms with Gasteiger partial charge in [0.2, 0.25) is 0 Å². The molecule has 0 saturated carbocycles. The molecule has 8 rings (SSSR count). The van der Waals surface area contributed by atoms with E-state index in [1.807, 2.05) is 33.7 Å². The highest BCUT2D eigenvalue weighted by Gasteiger charge is 2.43. The van der Waals surface area contributed by atoms with Gasteiger partial charge in [-0.15, -0.1) is 0 Å². The lowest BCUT2D eigenvalue weighted by Crippen LogP contribution is -2.47. The third-order valence-corrected chi connectivity index (χ3v) is 8.68. The van der Waals surface area contributed by atoms with Crippen LogP contribution in [-0.2, 0) is 0 Å². The SMILES string of the molecule is O=C(NCC1CC2c3ccccc3C1c1ccccc12)N1CCC(n2c(=O)[nH]c3ccccc32)CC1. The van der Waals surface area contributed by atoms with Gasteiger partial charge in [-0.05, 0) is 59.6 Å². The first-order valence-electron chi connectivity index (χ1n) is 13.1. The Hall–Kier alpha value is -3.80. The molecule has 3 aromatic carbocycles. The molecule has 4 aliphatic rings. The molecular formula is C30H30N4O2. The lowest BCUT2D eigenvalue weighted by molar-refractivity contribution is 0.169. The normalized spacial score (nSPS) is 22.9. The number of fused-ring (bicyclic) bond motifs is 2. The summed E-state index contributed by atoms with van der Waals surface area (Å²) in [6.07, 6.45) is 2.64. The third kappa shape index (κ3) is 3.31. The molecule has 36 heavy (non-hydrogen) atoms. The van der Waals surface area contributed by atoms with Crippen molar-refractivity contribution in [2.75, 3.05) is 19.6 Å². The number of hydrogen-bond donors (Lipinski definition) is 2. The van der Waals surface area contributed by atoms with E-state index in [0.29, 0.717) is 37.4 Å². The number of aromatic amines is 1. The van der Waals surface area contributed by atoms with Crippen LogP contribution in [0.4, 0.5) is 4.79 Å². The van der Waals surface area contributed by atoms with Gasteiger partial charge in [-0.1, -0.05) is 60.7 Å². The number of benzene rings is 3. The number of hydrogen-bond acceptors (Lipinski definition) is 2. The molecule has 1 fully saturated rings. The Morgan fingerprint density at radius 1 is 0.861 bits per heavy atom. The smallest absolute Gasteiger partial charge is 0.326 e. The monoisotopic (exact) mass is 478 g/mol. The molecule has 2 N–H and O–H groups in total. The Labute approximate surface area is 209 Å². The van der Waals surface area contributed by atoms with E-state index in [4.69, 9.17) is 0 Å². The molecule has 1 saturated heterocycles. The van der Waals surface area contributed by atoms with Crippen LogP contribution in [0.2, 0.25) is 0 Å². The van der Waals surface area contributed by atoms with E-state index in [9.17, 15) is 9.59 Å². The zero-order valence-electron chi connectivity index (χ0n) is 20.2. The van der Waals surface area contributed by atoms with E-state index in [2.05, 4.69) is 58.8 Å². The van der Waals surface area contributed by atoms with Crippen molar-refractivity contribution in [2.24, 2.45) is 5.92 Å². The zero-order valence-corrected chi connectivity index (χ0v) is 20.2. The van der Waals surface area contributed by atoms with Crippen LogP contribution >= 0.6 is 0 Å². The van der Waals surface area contributed by atoms with E-state index in [1.165, 1.54) is 22.3 Å². The van der Waals surface area contributed by atoms with Crippen molar-refractivity contribution in [1.29, 1.82) is 0 Å². The minimum atomic E-state index is -0.0629. The quantitative estimate of drug-likeness (QED) is 0.436. The lowest BCUT2D eigenvalue weighted by Gasteiger charge is -2.45. The van der Waals surface area contributed by atoms with Crippen LogP contribution < -0.4 is 11.0 Å². The van der Waals surface area contributed by atoms with Crippen LogP contribution in [0, 0.1) is 5.92 Å². The van der Waals surface area contributed by atoms with Crippen molar-refractivity contribution in [1.82, 2.24) is 19.8 Å². The third-order valence-electron chi connectivity index (χ3n) is 8.68. The first-order chi connectivity index (χ1) is 17.7. The Kier molecular flexibility index (Phi) is 5.01. The number of urea groups is 1. The maximum Gasteiger partial charge on any atom is 0.326 e. The Morgan fingerprint density at radius 3 is 2.17 bits per heavy atom. The van der Waals surface area contributed by atoms with Gasteiger partial charge in [-0.2, -0.15) is 0 Å². The molecule has 2 amide bonds. The van der Waals surface area contributed by atoms with Crippen LogP contribution in [0.5, 0.6) is 0 Å². The molecular weight excluding hydrogens is 448 g/mol. The van der Waals surface area contributed by atoms with Crippen LogP contribution in [0.25, 0.3) is 11.0 Å². The molecule has 0 radical (unpaired) electrons. The topological polar surface area (TPSA) is 70.1 Å². The van der Waals surface area contributed by atoms with Crippen LogP contribution in [0.3, 0.4) is 0 Å². The molecule has 2 heterocycles. The second kappa shape index (κ2) is 8.40. The number of carbonyl (C=O) groups is 1. The van der Waals surface area contributed by atoms with Gasteiger partial charge >= 0.3 is 11.7 Å². The summed E-state index contributed by atoms with van der Waals surface area (Å²) in [5, 5.41) is 3.27. The molecule has 182 valence electrons. The summed E-state index contributed by atoms with van der Waals surface area (Å²) in [6, 6.07) is 25.6. The molecule has 1 aromatic heterocycles. The Balaban J connectivity index is 1.03. The number of aromatic nitrogens is 2. The second-order valence-corrected chi connectivity index (χ2v) is 10.5. The van der Waals surface area contributed by atoms with E-state index < -0.39 is 0 Å². The molecule has 4 aromatic rings. The highest BCUT2D eigenvalue weighted by Crippen LogP contribution is 2.55. The fraction of sp³-hybridized carbons (Fsp3) is 0.333. The first kappa shape index (κ1) is 21.5. The summed E-state index contributed by atoms with van der Waals surface area (Å²) in [6.45, 7) is 2.00. The summed E-state index contributed by atoms with van der Waals surface area (Å²) in [7, 11) is 0. The van der Waals surface area contributed by atoms with E-state index in [1.54, 1.807) is 0 Å². The number of imidazole rings is 1. The zero-order chi connectivity index (χ0) is 24.2. The van der Waals surface area contributed by atoms with Gasteiger partial charge in [-0.3, -0.25) is 4.57 Å². The number of amides is 2. The maximum absolute atomic E-state index is 13.2. The van der Waals surface area contributed by atoms with Gasteiger partial charge in [0.1, 0.15) is 0 Å². The maximum atomic E-state index is 13.2. The predicted octanol–water partition coefficient (Wildman–Crippen LogP) is 4.97. The van der Waals surface area contributed by atoms with Crippen molar-refractivity contribution in [2.45, 2.75) is 37.1 Å². The summed E-state index contributed by atoms with van der Waals surface area (Å²) in [4.78, 5) is 30.6. The molecule has 0 spiro atoms. The fourth-order valence-electron chi connectivity index (χ4n) is 7.05. The van der Waals surface area contributed by atoms with Crippen molar-refractivity contribution in [3.8, 4) is 0 Å². The second-order valence-electron chi connectivity index (χ2n) is 10.5. The van der Waals surface area contributed by atoms with Crippen molar-refractivity contribution in [3.63, 3.8) is 0 Å². The summed E-state index contributed by atoms with van der Waals surface area (Å²) >= 11 is 0. The average Bonchev–Trinajstić information content (AvgIpc) is 3.27. The molecule has 1 unspecified atom stereocenters. The minimum absolute atomic E-state index is 0.0164. The number of rotatable bonds is 3. The summed E-state index contributed by atoms with van der Waals surface area (Å²) < 4.78 is 1.87. The van der Waals surface area contributed by atoms with Gasteiger partial charge in [0.25, 0.3) is 0 Å². The molecule has 1 aliphatic heterocycles. The molecule has 3 aliphatic carbocycles. The standard InChI is InChI=1S/C30H30N4O2/c35-29(33-15-13-20(14-16-33)34-27-12-6-5-11-26(27)32-30(34)36)31-18-19-17-25-21-7-1-3-9-23(21)28(19)24-10-4-2-8-22(24)25/h1-12,19-20,25,28H,13-18H2,(H,31,35)(H,32,36).